The molecule has 7 nitrogen and oxygen atoms in total. The largest absolute Gasteiger partial charge is 0.497 e. The van der Waals surface area contributed by atoms with Gasteiger partial charge in [0.2, 0.25) is 5.91 Å². The fraction of sp³-hybridized carbons (Fsp3) is 0.440. The summed E-state index contributed by atoms with van der Waals surface area (Å²) in [6, 6.07) is 18.6. The molecule has 33 heavy (non-hydrogen) atoms. The van der Waals surface area contributed by atoms with E-state index in [-0.39, 0.29) is 42.5 Å². The highest BCUT2D eigenvalue weighted by molar-refractivity contribution is 14.0. The first-order valence-electron chi connectivity index (χ1n) is 11.2. The van der Waals surface area contributed by atoms with Crippen molar-refractivity contribution in [2.75, 3.05) is 47.4 Å². The van der Waals surface area contributed by atoms with Crippen LogP contribution in [-0.4, -0.2) is 69.1 Å². The zero-order valence-corrected chi connectivity index (χ0v) is 22.1. The fourth-order valence-corrected chi connectivity index (χ4v) is 3.80. The molecule has 0 bridgehead atoms. The number of rotatable bonds is 9. The molecule has 1 heterocycles. The van der Waals surface area contributed by atoms with E-state index in [1.54, 1.807) is 26.1 Å². The van der Waals surface area contributed by atoms with E-state index in [2.05, 4.69) is 39.8 Å². The molecule has 2 N–H and O–H groups in total. The van der Waals surface area contributed by atoms with E-state index in [4.69, 9.17) is 9.73 Å². The summed E-state index contributed by atoms with van der Waals surface area (Å²) in [5.74, 6) is 1.50. The van der Waals surface area contributed by atoms with Crippen molar-refractivity contribution in [1.82, 2.24) is 20.4 Å². The third kappa shape index (κ3) is 8.51. The second kappa shape index (κ2) is 14.0. The van der Waals surface area contributed by atoms with Crippen LogP contribution in [0.3, 0.4) is 0 Å². The van der Waals surface area contributed by atoms with Crippen molar-refractivity contribution in [3.8, 4) is 5.75 Å². The highest BCUT2D eigenvalue weighted by Crippen LogP contribution is 2.27. The van der Waals surface area contributed by atoms with Crippen LogP contribution in [0.5, 0.6) is 5.75 Å². The van der Waals surface area contributed by atoms with Gasteiger partial charge in [0, 0.05) is 20.6 Å². The van der Waals surface area contributed by atoms with Gasteiger partial charge < -0.3 is 20.3 Å². The number of aliphatic imine (C=N–C) groups is 1. The van der Waals surface area contributed by atoms with Gasteiger partial charge in [-0.2, -0.15) is 0 Å². The van der Waals surface area contributed by atoms with Crippen molar-refractivity contribution in [2.45, 2.75) is 25.4 Å². The van der Waals surface area contributed by atoms with Crippen molar-refractivity contribution < 1.29 is 9.53 Å². The lowest BCUT2D eigenvalue weighted by Gasteiger charge is -2.29. The first-order valence-corrected chi connectivity index (χ1v) is 11.2. The molecule has 1 aliphatic heterocycles. The molecule has 3 rings (SSSR count). The molecule has 2 aromatic rings. The topological polar surface area (TPSA) is 69.2 Å². The van der Waals surface area contributed by atoms with Crippen LogP contribution in [0.4, 0.5) is 0 Å². The summed E-state index contributed by atoms with van der Waals surface area (Å²) in [5.41, 5.74) is 2.34. The first-order chi connectivity index (χ1) is 15.6. The molecule has 2 aromatic carbocycles. The molecular weight excluding hydrogens is 529 g/mol. The number of ether oxygens (including phenoxy) is 1. The number of carbonyl (C=O) groups is 1. The smallest absolute Gasteiger partial charge is 0.241 e. The number of hydrogen-bond acceptors (Lipinski definition) is 4. The second-order valence-corrected chi connectivity index (χ2v) is 8.21. The quantitative estimate of drug-likeness (QED) is 0.278. The number of hydrogen-bond donors (Lipinski definition) is 2. The lowest BCUT2D eigenvalue weighted by Crippen LogP contribution is -2.45. The Bertz CT molecular complexity index is 885. The molecule has 1 fully saturated rings. The van der Waals surface area contributed by atoms with Crippen LogP contribution in [0.15, 0.2) is 59.6 Å². The number of likely N-dealkylation sites (N-methyl/N-ethyl adjacent to an activating group) is 1. The Kier molecular flexibility index (Phi) is 11.5. The Hall–Kier alpha value is -2.33. The number of nitrogens with zero attached hydrogens (tertiary/aromatic N) is 3. The maximum atomic E-state index is 12.1. The third-order valence-electron chi connectivity index (χ3n) is 5.69. The molecule has 8 heteroatoms. The minimum atomic E-state index is 0. The minimum absolute atomic E-state index is 0. The summed E-state index contributed by atoms with van der Waals surface area (Å²) in [4.78, 5) is 20.9. The van der Waals surface area contributed by atoms with Gasteiger partial charge in [-0.15, -0.1) is 24.0 Å². The van der Waals surface area contributed by atoms with E-state index in [0.29, 0.717) is 19.0 Å². The van der Waals surface area contributed by atoms with Crippen LogP contribution in [0.25, 0.3) is 0 Å². The van der Waals surface area contributed by atoms with E-state index < -0.39 is 0 Å². The molecule has 1 amide bonds. The number of guanidine groups is 1. The van der Waals surface area contributed by atoms with Crippen LogP contribution >= 0.6 is 24.0 Å². The van der Waals surface area contributed by atoms with Gasteiger partial charge in [0.25, 0.3) is 0 Å². The molecule has 0 radical (unpaired) electrons. The van der Waals surface area contributed by atoms with E-state index in [1.165, 1.54) is 18.4 Å². The maximum Gasteiger partial charge on any atom is 0.241 e. The summed E-state index contributed by atoms with van der Waals surface area (Å²) in [6.07, 6.45) is 2.43. The Morgan fingerprint density at radius 1 is 1.09 bits per heavy atom. The molecule has 0 saturated carbocycles. The average Bonchev–Trinajstić information content (AvgIpc) is 3.35. The summed E-state index contributed by atoms with van der Waals surface area (Å²) in [7, 11) is 5.21. The van der Waals surface area contributed by atoms with Crippen molar-refractivity contribution in [3.63, 3.8) is 0 Å². The van der Waals surface area contributed by atoms with E-state index in [9.17, 15) is 4.79 Å². The van der Waals surface area contributed by atoms with Gasteiger partial charge in [0.15, 0.2) is 5.96 Å². The van der Waals surface area contributed by atoms with Crippen molar-refractivity contribution in [3.05, 3.63) is 65.7 Å². The lowest BCUT2D eigenvalue weighted by atomic mass is 10.1. The summed E-state index contributed by atoms with van der Waals surface area (Å²) in [6.45, 7) is 3.57. The predicted octanol–water partition coefficient (Wildman–Crippen LogP) is 3.27. The Morgan fingerprint density at radius 3 is 2.48 bits per heavy atom. The van der Waals surface area contributed by atoms with Crippen LogP contribution in [0, 0.1) is 0 Å². The molecular formula is C25H36IN5O2. The summed E-state index contributed by atoms with van der Waals surface area (Å²) in [5, 5.41) is 6.68. The number of amides is 1. The Morgan fingerprint density at radius 2 is 1.82 bits per heavy atom. The average molecular weight is 566 g/mol. The van der Waals surface area contributed by atoms with Crippen molar-refractivity contribution in [2.24, 2.45) is 4.99 Å². The van der Waals surface area contributed by atoms with Gasteiger partial charge in [-0.05, 0) is 49.2 Å². The number of halogens is 1. The number of methoxy groups -OCH3 is 1. The molecule has 180 valence electrons. The third-order valence-corrected chi connectivity index (χ3v) is 5.69. The van der Waals surface area contributed by atoms with Crippen LogP contribution < -0.4 is 15.4 Å². The minimum Gasteiger partial charge on any atom is -0.497 e. The van der Waals surface area contributed by atoms with Gasteiger partial charge in [0.1, 0.15) is 5.75 Å². The number of benzene rings is 2. The second-order valence-electron chi connectivity index (χ2n) is 8.21. The number of likely N-dealkylation sites (tertiary alicyclic amines) is 1. The van der Waals surface area contributed by atoms with E-state index >= 15 is 0 Å². The molecule has 1 atom stereocenters. The monoisotopic (exact) mass is 565 g/mol. The maximum absolute atomic E-state index is 12.1. The van der Waals surface area contributed by atoms with Crippen molar-refractivity contribution in [1.29, 1.82) is 0 Å². The number of nitrogens with one attached hydrogen (secondary N) is 2. The first kappa shape index (κ1) is 26.9. The van der Waals surface area contributed by atoms with Gasteiger partial charge in [-0.3, -0.25) is 9.69 Å². The zero-order valence-electron chi connectivity index (χ0n) is 19.8. The van der Waals surface area contributed by atoms with Gasteiger partial charge in [0.05, 0.1) is 26.2 Å². The molecule has 1 unspecified atom stereocenters. The fourth-order valence-electron chi connectivity index (χ4n) is 3.80. The Balaban J connectivity index is 0.00000385. The van der Waals surface area contributed by atoms with Crippen molar-refractivity contribution >= 4 is 35.8 Å². The number of carbonyl (C=O) groups excluding carboxylic acids is 1. The standard InChI is InChI=1S/C25H35N5O2.HI/c1-29(2)24(31)19-28-25(26-17-20-10-5-4-6-11-20)27-18-23(30-14-7-8-15-30)21-12-9-13-22(16-21)32-3;/h4-6,9-13,16,23H,7-8,14-15,17-19H2,1-3H3,(H2,26,27,28);1H. The molecule has 0 aliphatic carbocycles. The molecule has 0 aromatic heterocycles. The van der Waals surface area contributed by atoms with E-state index in [1.807, 2.05) is 30.3 Å². The van der Waals surface area contributed by atoms with Gasteiger partial charge >= 0.3 is 0 Å². The summed E-state index contributed by atoms with van der Waals surface area (Å²) >= 11 is 0. The highest BCUT2D eigenvalue weighted by Gasteiger charge is 2.24. The van der Waals surface area contributed by atoms with Crippen LogP contribution in [0.2, 0.25) is 0 Å². The molecule has 1 saturated heterocycles. The Labute approximate surface area is 214 Å². The molecule has 0 spiro atoms. The van der Waals surface area contributed by atoms with Gasteiger partial charge in [-0.25, -0.2) is 4.99 Å². The highest BCUT2D eigenvalue weighted by atomic mass is 127. The predicted molar refractivity (Wildman–Crippen MR) is 144 cm³/mol. The normalized spacial score (nSPS) is 14.8. The van der Waals surface area contributed by atoms with Gasteiger partial charge in [-0.1, -0.05) is 42.5 Å². The summed E-state index contributed by atoms with van der Waals surface area (Å²) < 4.78 is 5.45. The SMILES string of the molecule is COc1cccc(C(CNC(=NCc2ccccc2)NCC(=O)N(C)C)N2CCCC2)c1.I. The molecule has 1 aliphatic rings. The zero-order chi connectivity index (χ0) is 22.8. The lowest BCUT2D eigenvalue weighted by molar-refractivity contribution is -0.127. The van der Waals surface area contributed by atoms with E-state index in [0.717, 1.165) is 24.4 Å². The van der Waals surface area contributed by atoms with Crippen LogP contribution in [-0.2, 0) is 11.3 Å². The van der Waals surface area contributed by atoms with Crippen LogP contribution in [0.1, 0.15) is 30.0 Å².